The Morgan fingerprint density at radius 3 is 1.14 bits per heavy atom. The number of esters is 3. The molecule has 1 aliphatic heterocycles. The van der Waals surface area contributed by atoms with Crippen molar-refractivity contribution in [3.63, 3.8) is 0 Å². The van der Waals surface area contributed by atoms with Crippen molar-refractivity contribution in [3.05, 3.63) is 0 Å². The van der Waals surface area contributed by atoms with Crippen molar-refractivity contribution in [2.45, 2.75) is 285 Å². The van der Waals surface area contributed by atoms with Gasteiger partial charge in [0.05, 0.1) is 25.7 Å². The van der Waals surface area contributed by atoms with E-state index in [4.69, 9.17) is 14.2 Å². The number of piperidine rings is 1. The van der Waals surface area contributed by atoms with E-state index in [0.717, 1.165) is 103 Å². The molecule has 63 heavy (non-hydrogen) atoms. The Morgan fingerprint density at radius 1 is 0.381 bits per heavy atom. The Kier molecular flexibility index (Phi) is 42.9. The normalized spacial score (nSPS) is 13.4. The van der Waals surface area contributed by atoms with Gasteiger partial charge in [0.15, 0.2) is 0 Å². The van der Waals surface area contributed by atoms with Crippen molar-refractivity contribution in [2.24, 2.45) is 17.8 Å². The van der Waals surface area contributed by atoms with Crippen LogP contribution in [-0.2, 0) is 28.6 Å². The summed E-state index contributed by atoms with van der Waals surface area (Å²) in [6.07, 6.45) is 46.1. The van der Waals surface area contributed by atoms with Crippen molar-refractivity contribution in [1.82, 2.24) is 4.90 Å². The quantitative estimate of drug-likeness (QED) is 0.0342. The predicted molar refractivity (Wildman–Crippen MR) is 267 cm³/mol. The molecule has 1 rings (SSSR count). The van der Waals surface area contributed by atoms with Crippen LogP contribution in [0.3, 0.4) is 0 Å². The third-order valence-corrected chi connectivity index (χ3v) is 14.0. The lowest BCUT2D eigenvalue weighted by Crippen LogP contribution is -2.31. The van der Waals surface area contributed by atoms with E-state index in [9.17, 15) is 14.4 Å². The topological polar surface area (TPSA) is 82.1 Å². The lowest BCUT2D eigenvalue weighted by Gasteiger charge is -2.26. The highest BCUT2D eigenvalue weighted by atomic mass is 16.5. The fourth-order valence-electron chi connectivity index (χ4n) is 9.65. The summed E-state index contributed by atoms with van der Waals surface area (Å²) >= 11 is 0. The van der Waals surface area contributed by atoms with Crippen LogP contribution >= 0.6 is 0 Å². The molecule has 0 aliphatic carbocycles. The largest absolute Gasteiger partial charge is 0.466 e. The zero-order valence-electron chi connectivity index (χ0n) is 42.7. The van der Waals surface area contributed by atoms with Crippen LogP contribution in [0.4, 0.5) is 0 Å². The molecule has 0 radical (unpaired) electrons. The number of ether oxygens (including phenoxy) is 3. The van der Waals surface area contributed by atoms with Gasteiger partial charge in [-0.15, -0.1) is 0 Å². The third kappa shape index (κ3) is 38.2. The van der Waals surface area contributed by atoms with Crippen LogP contribution < -0.4 is 0 Å². The molecule has 1 heterocycles. The van der Waals surface area contributed by atoms with Gasteiger partial charge in [0.25, 0.3) is 0 Å². The summed E-state index contributed by atoms with van der Waals surface area (Å²) in [7, 11) is 0. The Morgan fingerprint density at radius 2 is 0.746 bits per heavy atom. The maximum absolute atomic E-state index is 13.3. The number of nitrogens with zero attached hydrogens (tertiary/aromatic N) is 1. The van der Waals surface area contributed by atoms with Gasteiger partial charge in [0.1, 0.15) is 0 Å². The van der Waals surface area contributed by atoms with Crippen LogP contribution in [0.1, 0.15) is 285 Å². The van der Waals surface area contributed by atoms with E-state index in [0.29, 0.717) is 44.5 Å². The molecule has 0 atom stereocenters. The Bertz CT molecular complexity index is 934. The SMILES string of the molecule is CCCCCC(CCCCC)CCOC(=O)CCCCCCCCCC(CCCCCCCCCC(=O)OCCC(CCCCC)CCCCC)C(=O)OCCCN1CCCCC1. The Hall–Kier alpha value is -1.63. The summed E-state index contributed by atoms with van der Waals surface area (Å²) in [5.41, 5.74) is 0. The molecule has 7 nitrogen and oxygen atoms in total. The first-order chi connectivity index (χ1) is 30.9. The molecule has 0 N–H and O–H groups in total. The molecule has 1 fully saturated rings. The van der Waals surface area contributed by atoms with E-state index < -0.39 is 0 Å². The standard InChI is InChI=1S/C56H107NO6/c1-5-9-24-35-51(36-25-10-6-2)43-49-61-54(58)41-30-21-17-13-15-19-28-39-53(56(60)63-48-34-47-57-45-32-23-33-46-57)40-29-20-16-14-18-22-31-42-55(59)62-50-44-52(37-26-11-7-3)38-27-12-8-4/h51-53H,5-50H2,1-4H3. The first-order valence-electron chi connectivity index (χ1n) is 28.1. The molecule has 7 heteroatoms. The molecule has 1 aliphatic rings. The van der Waals surface area contributed by atoms with Gasteiger partial charge in [-0.25, -0.2) is 0 Å². The summed E-state index contributed by atoms with van der Waals surface area (Å²) in [6.45, 7) is 14.2. The van der Waals surface area contributed by atoms with E-state index in [2.05, 4.69) is 32.6 Å². The van der Waals surface area contributed by atoms with Gasteiger partial charge in [-0.1, -0.05) is 214 Å². The minimum atomic E-state index is -0.0149. The van der Waals surface area contributed by atoms with E-state index in [1.165, 1.54) is 161 Å². The van der Waals surface area contributed by atoms with Gasteiger partial charge in [0, 0.05) is 19.4 Å². The second kappa shape index (κ2) is 45.5. The third-order valence-electron chi connectivity index (χ3n) is 14.0. The van der Waals surface area contributed by atoms with Crippen LogP contribution in [-0.4, -0.2) is 62.3 Å². The smallest absolute Gasteiger partial charge is 0.308 e. The maximum Gasteiger partial charge on any atom is 0.308 e. The second-order valence-corrected chi connectivity index (χ2v) is 19.9. The minimum Gasteiger partial charge on any atom is -0.466 e. The fourth-order valence-corrected chi connectivity index (χ4v) is 9.65. The minimum absolute atomic E-state index is 0.0149. The molecule has 372 valence electrons. The molecule has 0 bridgehead atoms. The number of carbonyl (C=O) groups excluding carboxylic acids is 3. The van der Waals surface area contributed by atoms with Crippen LogP contribution in [0.5, 0.6) is 0 Å². The number of rotatable bonds is 47. The average Bonchev–Trinajstić information content (AvgIpc) is 3.28. The summed E-state index contributed by atoms with van der Waals surface area (Å²) < 4.78 is 17.2. The summed E-state index contributed by atoms with van der Waals surface area (Å²) in [5, 5.41) is 0. The molecule has 0 amide bonds. The Labute approximate surface area is 391 Å². The second-order valence-electron chi connectivity index (χ2n) is 19.9. The van der Waals surface area contributed by atoms with Crippen molar-refractivity contribution in [2.75, 3.05) is 39.5 Å². The fraction of sp³-hybridized carbons (Fsp3) is 0.946. The molecule has 0 aromatic carbocycles. The molecule has 1 saturated heterocycles. The van der Waals surface area contributed by atoms with E-state index in [-0.39, 0.29) is 23.8 Å². The number of hydrogen-bond acceptors (Lipinski definition) is 7. The zero-order chi connectivity index (χ0) is 45.7. The zero-order valence-corrected chi connectivity index (χ0v) is 42.7. The first-order valence-corrected chi connectivity index (χ1v) is 28.1. The summed E-state index contributed by atoms with van der Waals surface area (Å²) in [4.78, 5) is 40.6. The van der Waals surface area contributed by atoms with Gasteiger partial charge in [0.2, 0.25) is 0 Å². The van der Waals surface area contributed by atoms with Crippen LogP contribution in [0, 0.1) is 17.8 Å². The highest BCUT2D eigenvalue weighted by Crippen LogP contribution is 2.24. The van der Waals surface area contributed by atoms with Crippen LogP contribution in [0.15, 0.2) is 0 Å². The summed E-state index contributed by atoms with van der Waals surface area (Å²) in [5.74, 6) is 1.42. The van der Waals surface area contributed by atoms with Crippen molar-refractivity contribution in [1.29, 1.82) is 0 Å². The molecular formula is C56H107NO6. The van der Waals surface area contributed by atoms with Gasteiger partial charge in [-0.3, -0.25) is 14.4 Å². The number of hydrogen-bond donors (Lipinski definition) is 0. The molecule has 0 spiro atoms. The average molecular weight is 890 g/mol. The number of carbonyl (C=O) groups is 3. The van der Waals surface area contributed by atoms with Crippen LogP contribution in [0.2, 0.25) is 0 Å². The van der Waals surface area contributed by atoms with Gasteiger partial charge < -0.3 is 19.1 Å². The first kappa shape index (κ1) is 59.4. The van der Waals surface area contributed by atoms with Gasteiger partial charge in [-0.05, 0) is 82.7 Å². The number of unbranched alkanes of at least 4 members (excludes halogenated alkanes) is 20. The maximum atomic E-state index is 13.3. The highest BCUT2D eigenvalue weighted by molar-refractivity contribution is 5.72. The van der Waals surface area contributed by atoms with Crippen molar-refractivity contribution < 1.29 is 28.6 Å². The monoisotopic (exact) mass is 890 g/mol. The summed E-state index contributed by atoms with van der Waals surface area (Å²) in [6, 6.07) is 0. The van der Waals surface area contributed by atoms with E-state index in [1.54, 1.807) is 0 Å². The molecular weight excluding hydrogens is 783 g/mol. The van der Waals surface area contributed by atoms with Crippen LogP contribution in [0.25, 0.3) is 0 Å². The molecule has 0 aromatic rings. The number of likely N-dealkylation sites (tertiary alicyclic amines) is 1. The highest BCUT2D eigenvalue weighted by Gasteiger charge is 2.20. The van der Waals surface area contributed by atoms with Crippen molar-refractivity contribution in [3.8, 4) is 0 Å². The molecule has 0 unspecified atom stereocenters. The lowest BCUT2D eigenvalue weighted by atomic mass is 9.92. The van der Waals surface area contributed by atoms with Crippen molar-refractivity contribution >= 4 is 17.9 Å². The van der Waals surface area contributed by atoms with Gasteiger partial charge in [-0.2, -0.15) is 0 Å². The lowest BCUT2D eigenvalue weighted by molar-refractivity contribution is -0.149. The molecule has 0 aromatic heterocycles. The van der Waals surface area contributed by atoms with Gasteiger partial charge >= 0.3 is 17.9 Å². The van der Waals surface area contributed by atoms with E-state index in [1.807, 2.05) is 0 Å². The predicted octanol–water partition coefficient (Wildman–Crippen LogP) is 16.5. The molecule has 0 saturated carbocycles. The van der Waals surface area contributed by atoms with E-state index >= 15 is 0 Å². The Balaban J connectivity index is 2.26.